The summed E-state index contributed by atoms with van der Waals surface area (Å²) in [5, 5.41) is 4.34. The molecule has 2 rings (SSSR count). The van der Waals surface area contributed by atoms with Crippen molar-refractivity contribution in [2.24, 2.45) is 0 Å². The molecule has 19 heavy (non-hydrogen) atoms. The Hall–Kier alpha value is -0.730. The number of benzene rings is 1. The third-order valence-corrected chi connectivity index (χ3v) is 4.10. The quantitative estimate of drug-likeness (QED) is 0.888. The van der Waals surface area contributed by atoms with Crippen molar-refractivity contribution in [3.8, 4) is 0 Å². The van der Waals surface area contributed by atoms with Gasteiger partial charge in [0.2, 0.25) is 0 Å². The molecule has 1 N–H and O–H groups in total. The van der Waals surface area contributed by atoms with Crippen molar-refractivity contribution in [1.82, 2.24) is 5.32 Å². The lowest BCUT2D eigenvalue weighted by Gasteiger charge is -2.37. The molecule has 0 radical (unpaired) electrons. The van der Waals surface area contributed by atoms with Crippen LogP contribution >= 0.6 is 11.6 Å². The standard InChI is InChI=1S/C16H25ClN2/c1-12(2)18-11-14-7-8-15(17)10-16(14)19-9-5-4-6-13(19)3/h7-8,10,12-13,18H,4-6,9,11H2,1-3H3. The first-order valence-electron chi connectivity index (χ1n) is 7.36. The van der Waals surface area contributed by atoms with Gasteiger partial charge in [0.05, 0.1) is 0 Å². The van der Waals surface area contributed by atoms with Gasteiger partial charge in [0.1, 0.15) is 0 Å². The van der Waals surface area contributed by atoms with Gasteiger partial charge in [-0.05, 0) is 43.9 Å². The fourth-order valence-electron chi connectivity index (χ4n) is 2.72. The van der Waals surface area contributed by atoms with Crippen LogP contribution in [0.3, 0.4) is 0 Å². The van der Waals surface area contributed by atoms with Crippen LogP contribution in [-0.4, -0.2) is 18.6 Å². The van der Waals surface area contributed by atoms with Gasteiger partial charge in [-0.3, -0.25) is 0 Å². The predicted octanol–water partition coefficient (Wildman–Crippen LogP) is 4.22. The van der Waals surface area contributed by atoms with Crippen molar-refractivity contribution >= 4 is 17.3 Å². The van der Waals surface area contributed by atoms with Crippen LogP contribution < -0.4 is 10.2 Å². The van der Waals surface area contributed by atoms with Gasteiger partial charge in [-0.15, -0.1) is 0 Å². The van der Waals surface area contributed by atoms with Gasteiger partial charge in [0.15, 0.2) is 0 Å². The van der Waals surface area contributed by atoms with Gasteiger partial charge in [-0.25, -0.2) is 0 Å². The maximum atomic E-state index is 6.20. The number of hydrogen-bond acceptors (Lipinski definition) is 2. The van der Waals surface area contributed by atoms with E-state index in [1.165, 1.54) is 30.5 Å². The van der Waals surface area contributed by atoms with E-state index in [4.69, 9.17) is 11.6 Å². The smallest absolute Gasteiger partial charge is 0.0429 e. The van der Waals surface area contributed by atoms with E-state index in [9.17, 15) is 0 Å². The van der Waals surface area contributed by atoms with Crippen molar-refractivity contribution in [2.75, 3.05) is 11.4 Å². The normalized spacial score (nSPS) is 20.1. The van der Waals surface area contributed by atoms with E-state index in [0.29, 0.717) is 12.1 Å². The van der Waals surface area contributed by atoms with Crippen LogP contribution in [0.4, 0.5) is 5.69 Å². The number of nitrogens with one attached hydrogen (secondary N) is 1. The van der Waals surface area contributed by atoms with Crippen LogP contribution in [0, 0.1) is 0 Å². The van der Waals surface area contributed by atoms with Crippen LogP contribution in [0.5, 0.6) is 0 Å². The van der Waals surface area contributed by atoms with Gasteiger partial charge in [0.25, 0.3) is 0 Å². The minimum atomic E-state index is 0.502. The number of hydrogen-bond donors (Lipinski definition) is 1. The average Bonchev–Trinajstić information content (AvgIpc) is 2.37. The van der Waals surface area contributed by atoms with Crippen LogP contribution in [0.2, 0.25) is 5.02 Å². The summed E-state index contributed by atoms with van der Waals surface area (Å²) in [4.78, 5) is 2.52. The van der Waals surface area contributed by atoms with Gasteiger partial charge in [-0.1, -0.05) is 31.5 Å². The zero-order valence-electron chi connectivity index (χ0n) is 12.2. The van der Waals surface area contributed by atoms with Crippen molar-refractivity contribution < 1.29 is 0 Å². The molecule has 0 aromatic heterocycles. The van der Waals surface area contributed by atoms with Crippen molar-refractivity contribution in [3.05, 3.63) is 28.8 Å². The lowest BCUT2D eigenvalue weighted by molar-refractivity contribution is 0.482. The molecule has 1 atom stereocenters. The van der Waals surface area contributed by atoms with Crippen LogP contribution in [0.1, 0.15) is 45.6 Å². The third kappa shape index (κ3) is 3.87. The van der Waals surface area contributed by atoms with E-state index in [2.05, 4.69) is 43.1 Å². The molecular formula is C16H25ClN2. The summed E-state index contributed by atoms with van der Waals surface area (Å²) in [5.74, 6) is 0. The second-order valence-electron chi connectivity index (χ2n) is 5.85. The number of anilines is 1. The Kier molecular flexibility index (Phi) is 5.12. The zero-order chi connectivity index (χ0) is 13.8. The van der Waals surface area contributed by atoms with Gasteiger partial charge >= 0.3 is 0 Å². The Balaban J connectivity index is 2.23. The van der Waals surface area contributed by atoms with Crippen molar-refractivity contribution in [1.29, 1.82) is 0 Å². The fourth-order valence-corrected chi connectivity index (χ4v) is 2.89. The van der Waals surface area contributed by atoms with E-state index >= 15 is 0 Å². The Morgan fingerprint density at radius 1 is 1.37 bits per heavy atom. The summed E-state index contributed by atoms with van der Waals surface area (Å²) in [6.07, 6.45) is 3.91. The summed E-state index contributed by atoms with van der Waals surface area (Å²) >= 11 is 6.20. The second-order valence-corrected chi connectivity index (χ2v) is 6.28. The Labute approximate surface area is 122 Å². The van der Waals surface area contributed by atoms with Crippen molar-refractivity contribution in [3.63, 3.8) is 0 Å². The van der Waals surface area contributed by atoms with E-state index in [0.717, 1.165) is 18.1 Å². The summed E-state index contributed by atoms with van der Waals surface area (Å²) < 4.78 is 0. The molecule has 106 valence electrons. The second kappa shape index (κ2) is 6.62. The highest BCUT2D eigenvalue weighted by Crippen LogP contribution is 2.30. The molecule has 0 bridgehead atoms. The summed E-state index contributed by atoms with van der Waals surface area (Å²) in [7, 11) is 0. The first kappa shape index (κ1) is 14.7. The summed E-state index contributed by atoms with van der Waals surface area (Å²) in [6.45, 7) is 8.74. The Morgan fingerprint density at radius 2 is 2.16 bits per heavy atom. The van der Waals surface area contributed by atoms with Crippen LogP contribution in [-0.2, 0) is 6.54 Å². The molecule has 1 aromatic carbocycles. The molecule has 0 saturated carbocycles. The Morgan fingerprint density at radius 3 is 2.84 bits per heavy atom. The van der Waals surface area contributed by atoms with Gasteiger partial charge in [-0.2, -0.15) is 0 Å². The zero-order valence-corrected chi connectivity index (χ0v) is 13.0. The first-order valence-corrected chi connectivity index (χ1v) is 7.74. The molecule has 1 heterocycles. The molecule has 0 amide bonds. The maximum absolute atomic E-state index is 6.20. The molecule has 3 heteroatoms. The Bertz CT molecular complexity index is 417. The molecule has 1 unspecified atom stereocenters. The molecule has 0 spiro atoms. The van der Waals surface area contributed by atoms with E-state index in [-0.39, 0.29) is 0 Å². The third-order valence-electron chi connectivity index (χ3n) is 3.86. The number of nitrogens with zero attached hydrogens (tertiary/aromatic N) is 1. The minimum Gasteiger partial charge on any atom is -0.369 e. The summed E-state index contributed by atoms with van der Waals surface area (Å²) in [6, 6.07) is 7.40. The van der Waals surface area contributed by atoms with Crippen LogP contribution in [0.25, 0.3) is 0 Å². The summed E-state index contributed by atoms with van der Waals surface area (Å²) in [5.41, 5.74) is 2.67. The van der Waals surface area contributed by atoms with Gasteiger partial charge in [0, 0.05) is 35.9 Å². The van der Waals surface area contributed by atoms with E-state index in [1.54, 1.807) is 0 Å². The molecule has 1 fully saturated rings. The molecule has 1 saturated heterocycles. The molecule has 2 nitrogen and oxygen atoms in total. The molecular weight excluding hydrogens is 256 g/mol. The molecule has 0 aliphatic carbocycles. The lowest BCUT2D eigenvalue weighted by Crippen LogP contribution is -2.38. The highest BCUT2D eigenvalue weighted by Gasteiger charge is 2.21. The molecule has 1 aliphatic rings. The van der Waals surface area contributed by atoms with Gasteiger partial charge < -0.3 is 10.2 Å². The number of piperidine rings is 1. The number of rotatable bonds is 4. The minimum absolute atomic E-state index is 0.502. The predicted molar refractivity (Wildman–Crippen MR) is 84.1 cm³/mol. The van der Waals surface area contributed by atoms with Crippen molar-refractivity contribution in [2.45, 2.75) is 58.7 Å². The molecule has 1 aromatic rings. The molecule has 1 aliphatic heterocycles. The highest BCUT2D eigenvalue weighted by atomic mass is 35.5. The average molecular weight is 281 g/mol. The topological polar surface area (TPSA) is 15.3 Å². The first-order chi connectivity index (χ1) is 9.08. The maximum Gasteiger partial charge on any atom is 0.0429 e. The largest absolute Gasteiger partial charge is 0.369 e. The SMILES string of the molecule is CC(C)NCc1ccc(Cl)cc1N1CCCCC1C. The number of halogens is 1. The van der Waals surface area contributed by atoms with Crippen LogP contribution in [0.15, 0.2) is 18.2 Å². The van der Waals surface area contributed by atoms with E-state index in [1.807, 2.05) is 6.07 Å². The fraction of sp³-hybridized carbons (Fsp3) is 0.625. The van der Waals surface area contributed by atoms with E-state index < -0.39 is 0 Å². The highest BCUT2D eigenvalue weighted by molar-refractivity contribution is 6.30. The monoisotopic (exact) mass is 280 g/mol. The lowest BCUT2D eigenvalue weighted by atomic mass is 10.0.